The molecule has 0 unspecified atom stereocenters. The van der Waals surface area contributed by atoms with Crippen molar-refractivity contribution in [2.75, 3.05) is 55.6 Å². The largest absolute Gasteiger partial charge is 0.478 e. The molecule has 4 amide bonds. The van der Waals surface area contributed by atoms with Gasteiger partial charge in [0.25, 0.3) is 11.8 Å². The van der Waals surface area contributed by atoms with E-state index in [2.05, 4.69) is 15.1 Å². The van der Waals surface area contributed by atoms with E-state index in [4.69, 9.17) is 5.11 Å². The van der Waals surface area contributed by atoms with Gasteiger partial charge in [0.1, 0.15) is 11.9 Å². The second kappa shape index (κ2) is 11.2. The quantitative estimate of drug-likeness (QED) is 0.495. The van der Waals surface area contributed by atoms with Crippen molar-refractivity contribution in [3.05, 3.63) is 58.9 Å². The molecule has 2 aromatic rings. The number of carbonyl (C=O) groups is 5. The molecular formula is C30H32FN5O6. The molecule has 6 rings (SSSR count). The molecule has 12 heteroatoms. The molecule has 2 N–H and O–H groups in total. The number of imide groups is 2. The lowest BCUT2D eigenvalue weighted by Crippen LogP contribution is -2.54. The fourth-order valence-corrected chi connectivity index (χ4v) is 6.46. The smallest absolute Gasteiger partial charge is 0.335 e. The van der Waals surface area contributed by atoms with Gasteiger partial charge in [0.2, 0.25) is 11.8 Å². The molecule has 4 aliphatic rings. The first-order valence-corrected chi connectivity index (χ1v) is 14.3. The lowest BCUT2D eigenvalue weighted by atomic mass is 9.95. The average molecular weight is 578 g/mol. The molecule has 0 saturated carbocycles. The first-order valence-electron chi connectivity index (χ1n) is 14.3. The van der Waals surface area contributed by atoms with Crippen LogP contribution in [-0.4, -0.2) is 96.4 Å². The summed E-state index contributed by atoms with van der Waals surface area (Å²) in [6.45, 7) is 5.59. The van der Waals surface area contributed by atoms with Crippen LogP contribution in [0.25, 0.3) is 0 Å². The second-order valence-corrected chi connectivity index (χ2v) is 11.4. The predicted octanol–water partition coefficient (Wildman–Crippen LogP) is 1.96. The Labute approximate surface area is 241 Å². The molecule has 3 saturated heterocycles. The molecule has 0 spiro atoms. The van der Waals surface area contributed by atoms with Gasteiger partial charge in [0, 0.05) is 57.9 Å². The first-order chi connectivity index (χ1) is 20.2. The van der Waals surface area contributed by atoms with Gasteiger partial charge in [-0.2, -0.15) is 0 Å². The number of halogens is 1. The van der Waals surface area contributed by atoms with Crippen LogP contribution in [0.1, 0.15) is 56.8 Å². The summed E-state index contributed by atoms with van der Waals surface area (Å²) in [4.78, 5) is 68.7. The van der Waals surface area contributed by atoms with E-state index < -0.39 is 41.5 Å². The molecular weight excluding hydrogens is 545 g/mol. The maximum absolute atomic E-state index is 14.5. The standard InChI is InChI=1S/C30H32FN5O6/c31-23-15-19(30(41)42)1-4-24(23)35-9-7-18(8-10-35)17-33-11-13-34(14-12-33)20-2-3-21-22(16-20)29(40)36(28(21)39)25-5-6-26(37)32-27(25)38/h1-4,15-16,18,25H,5-14,17H2,(H,41,42)(H,32,37,38)/t25-/m0/s1. The monoisotopic (exact) mass is 577 g/mol. The highest BCUT2D eigenvalue weighted by atomic mass is 19.1. The van der Waals surface area contributed by atoms with E-state index in [-0.39, 0.29) is 29.5 Å². The number of nitrogens with zero attached hydrogens (tertiary/aromatic N) is 4. The predicted molar refractivity (Wildman–Crippen MR) is 150 cm³/mol. The molecule has 0 radical (unpaired) electrons. The highest BCUT2D eigenvalue weighted by Gasteiger charge is 2.44. The van der Waals surface area contributed by atoms with Gasteiger partial charge >= 0.3 is 5.97 Å². The third kappa shape index (κ3) is 5.22. The number of piperidine rings is 2. The number of nitrogens with one attached hydrogen (secondary N) is 1. The topological polar surface area (TPSA) is 131 Å². The zero-order chi connectivity index (χ0) is 29.5. The van der Waals surface area contributed by atoms with Crippen molar-refractivity contribution in [3.8, 4) is 0 Å². The lowest BCUT2D eigenvalue weighted by Gasteiger charge is -2.40. The van der Waals surface area contributed by atoms with Crippen molar-refractivity contribution in [1.82, 2.24) is 15.1 Å². The van der Waals surface area contributed by atoms with E-state index >= 15 is 0 Å². The van der Waals surface area contributed by atoms with E-state index in [0.29, 0.717) is 24.7 Å². The molecule has 0 aromatic heterocycles. The maximum Gasteiger partial charge on any atom is 0.335 e. The zero-order valence-corrected chi connectivity index (χ0v) is 23.1. The highest BCUT2D eigenvalue weighted by molar-refractivity contribution is 6.23. The van der Waals surface area contributed by atoms with Crippen molar-refractivity contribution in [2.24, 2.45) is 5.92 Å². The van der Waals surface area contributed by atoms with Crippen molar-refractivity contribution in [3.63, 3.8) is 0 Å². The number of hydrogen-bond acceptors (Lipinski definition) is 8. The maximum atomic E-state index is 14.5. The lowest BCUT2D eigenvalue weighted by molar-refractivity contribution is -0.136. The van der Waals surface area contributed by atoms with Gasteiger partial charge < -0.3 is 14.9 Å². The normalized spacial score (nSPS) is 22.0. The SMILES string of the molecule is O=C1CC[C@H](N2C(=O)c3ccc(N4CCN(CC5CCN(c6ccc(C(=O)O)cc6F)CC5)CC4)cc3C2=O)C(=O)N1. The highest BCUT2D eigenvalue weighted by Crippen LogP contribution is 2.32. The van der Waals surface area contributed by atoms with Crippen LogP contribution >= 0.6 is 0 Å². The summed E-state index contributed by atoms with van der Waals surface area (Å²) in [5, 5.41) is 11.3. The third-order valence-electron chi connectivity index (χ3n) is 8.83. The number of carbonyl (C=O) groups excluding carboxylic acids is 4. The number of anilines is 2. The Bertz CT molecular complexity index is 1460. The number of hydrogen-bond donors (Lipinski definition) is 2. The Morgan fingerprint density at radius 1 is 0.857 bits per heavy atom. The van der Waals surface area contributed by atoms with Crippen LogP contribution in [0.5, 0.6) is 0 Å². The number of benzene rings is 2. The Hall–Kier alpha value is -4.32. The summed E-state index contributed by atoms with van der Waals surface area (Å²) in [6, 6.07) is 8.30. The van der Waals surface area contributed by atoms with Crippen LogP contribution in [0.2, 0.25) is 0 Å². The third-order valence-corrected chi connectivity index (χ3v) is 8.83. The molecule has 4 aliphatic heterocycles. The first kappa shape index (κ1) is 27.8. The van der Waals surface area contributed by atoms with E-state index in [1.165, 1.54) is 6.07 Å². The summed E-state index contributed by atoms with van der Waals surface area (Å²) in [5.74, 6) is -3.21. The van der Waals surface area contributed by atoms with Crippen molar-refractivity contribution < 1.29 is 33.5 Å². The van der Waals surface area contributed by atoms with Crippen LogP contribution in [-0.2, 0) is 9.59 Å². The number of piperazine rings is 1. The molecule has 220 valence electrons. The second-order valence-electron chi connectivity index (χ2n) is 11.4. The number of aromatic carboxylic acids is 1. The van der Waals surface area contributed by atoms with Gasteiger partial charge in [-0.3, -0.25) is 34.3 Å². The molecule has 42 heavy (non-hydrogen) atoms. The number of carboxylic acids is 1. The number of rotatable bonds is 6. The van der Waals surface area contributed by atoms with Crippen LogP contribution in [0.15, 0.2) is 36.4 Å². The minimum absolute atomic E-state index is 0.0561. The van der Waals surface area contributed by atoms with E-state index in [0.717, 1.165) is 62.2 Å². The average Bonchev–Trinajstić information content (AvgIpc) is 3.22. The minimum Gasteiger partial charge on any atom is -0.478 e. The Morgan fingerprint density at radius 2 is 1.57 bits per heavy atom. The van der Waals surface area contributed by atoms with E-state index in [1.807, 2.05) is 11.0 Å². The summed E-state index contributed by atoms with van der Waals surface area (Å²) in [7, 11) is 0. The number of fused-ring (bicyclic) bond motifs is 1. The van der Waals surface area contributed by atoms with Gasteiger partial charge in [0.15, 0.2) is 0 Å². The summed E-state index contributed by atoms with van der Waals surface area (Å²) < 4.78 is 14.5. The molecule has 1 atom stereocenters. The van der Waals surface area contributed by atoms with Crippen molar-refractivity contribution in [2.45, 2.75) is 31.7 Å². The van der Waals surface area contributed by atoms with Gasteiger partial charge in [0.05, 0.1) is 22.4 Å². The Balaban J connectivity index is 1.02. The van der Waals surface area contributed by atoms with E-state index in [1.54, 1.807) is 18.2 Å². The number of amides is 4. The molecule has 3 fully saturated rings. The molecule has 2 aromatic carbocycles. The molecule has 0 aliphatic carbocycles. The van der Waals surface area contributed by atoms with Gasteiger partial charge in [-0.25, -0.2) is 9.18 Å². The summed E-state index contributed by atoms with van der Waals surface area (Å²) in [5.41, 5.74) is 1.80. The number of carboxylic acid groups (broad SMARTS) is 1. The van der Waals surface area contributed by atoms with Gasteiger partial charge in [-0.15, -0.1) is 0 Å². The molecule has 4 heterocycles. The summed E-state index contributed by atoms with van der Waals surface area (Å²) >= 11 is 0. The van der Waals surface area contributed by atoms with Crippen LogP contribution in [0.4, 0.5) is 15.8 Å². The van der Waals surface area contributed by atoms with Crippen LogP contribution < -0.4 is 15.1 Å². The Kier molecular flexibility index (Phi) is 7.40. The fourth-order valence-electron chi connectivity index (χ4n) is 6.46. The molecule has 0 bridgehead atoms. The van der Waals surface area contributed by atoms with E-state index in [9.17, 15) is 28.4 Å². The van der Waals surface area contributed by atoms with Gasteiger partial charge in [-0.05, 0) is 61.6 Å². The Morgan fingerprint density at radius 3 is 2.24 bits per heavy atom. The van der Waals surface area contributed by atoms with Crippen molar-refractivity contribution in [1.29, 1.82) is 0 Å². The zero-order valence-electron chi connectivity index (χ0n) is 23.1. The fraction of sp³-hybridized carbons (Fsp3) is 0.433. The molecule has 11 nitrogen and oxygen atoms in total. The van der Waals surface area contributed by atoms with Gasteiger partial charge in [-0.1, -0.05) is 0 Å². The minimum atomic E-state index is -1.14. The van der Waals surface area contributed by atoms with Crippen LogP contribution in [0, 0.1) is 11.7 Å². The van der Waals surface area contributed by atoms with Crippen molar-refractivity contribution >= 4 is 41.0 Å². The van der Waals surface area contributed by atoms with Crippen LogP contribution in [0.3, 0.4) is 0 Å². The summed E-state index contributed by atoms with van der Waals surface area (Å²) in [6.07, 6.45) is 2.05.